The molecule has 2 rings (SSSR count). The summed E-state index contributed by atoms with van der Waals surface area (Å²) >= 11 is 0. The van der Waals surface area contributed by atoms with Crippen molar-refractivity contribution in [1.29, 1.82) is 0 Å². The van der Waals surface area contributed by atoms with Crippen molar-refractivity contribution in [2.75, 3.05) is 13.7 Å². The van der Waals surface area contributed by atoms with Gasteiger partial charge in [0.25, 0.3) is 0 Å². The Bertz CT molecular complexity index is 504. The highest BCUT2D eigenvalue weighted by Crippen LogP contribution is 2.20. The third kappa shape index (κ3) is 3.83. The van der Waals surface area contributed by atoms with E-state index in [4.69, 9.17) is 4.74 Å². The summed E-state index contributed by atoms with van der Waals surface area (Å²) in [5.41, 5.74) is 7.13. The molecule has 0 spiro atoms. The van der Waals surface area contributed by atoms with E-state index in [1.54, 1.807) is 18.1 Å². The highest BCUT2D eigenvalue weighted by molar-refractivity contribution is 5.82. The van der Waals surface area contributed by atoms with Crippen LogP contribution in [0.1, 0.15) is 18.9 Å². The summed E-state index contributed by atoms with van der Waals surface area (Å²) in [6.45, 7) is 6.83. The zero-order valence-corrected chi connectivity index (χ0v) is 12.6. The van der Waals surface area contributed by atoms with Gasteiger partial charge >= 0.3 is 0 Å². The van der Waals surface area contributed by atoms with Gasteiger partial charge in [-0.15, -0.1) is 6.58 Å². The van der Waals surface area contributed by atoms with Crippen molar-refractivity contribution in [1.82, 2.24) is 15.8 Å². The smallest absolute Gasteiger partial charge is 0.241 e. The lowest BCUT2D eigenvalue weighted by atomic mass is 10.1. The molecule has 114 valence electrons. The molecular formula is C16H23N3O2. The maximum absolute atomic E-state index is 12.6. The molecule has 1 aromatic carbocycles. The minimum Gasteiger partial charge on any atom is -0.496 e. The molecule has 2 N–H and O–H groups in total. The van der Waals surface area contributed by atoms with Gasteiger partial charge in [-0.2, -0.15) is 0 Å². The number of benzene rings is 1. The number of hydrogen-bond donors (Lipinski definition) is 2. The summed E-state index contributed by atoms with van der Waals surface area (Å²) in [4.78, 5) is 14.4. The van der Waals surface area contributed by atoms with Crippen molar-refractivity contribution in [3.8, 4) is 5.75 Å². The molecule has 1 aliphatic rings. The summed E-state index contributed by atoms with van der Waals surface area (Å²) in [5.74, 6) is 0.878. The van der Waals surface area contributed by atoms with Gasteiger partial charge in [0.05, 0.1) is 7.11 Å². The number of ether oxygens (including phenoxy) is 1. The second-order valence-electron chi connectivity index (χ2n) is 5.30. The number of hydrazine groups is 1. The highest BCUT2D eigenvalue weighted by atomic mass is 16.5. The third-order valence-corrected chi connectivity index (χ3v) is 3.61. The molecule has 2 unspecified atom stereocenters. The first-order valence-corrected chi connectivity index (χ1v) is 7.18. The fourth-order valence-corrected chi connectivity index (χ4v) is 2.52. The maximum Gasteiger partial charge on any atom is 0.241 e. The fourth-order valence-electron chi connectivity index (χ4n) is 2.52. The number of carbonyl (C=O) groups is 1. The van der Waals surface area contributed by atoms with Gasteiger partial charge in [0.15, 0.2) is 0 Å². The molecule has 0 radical (unpaired) electrons. The molecule has 1 amide bonds. The van der Waals surface area contributed by atoms with Crippen LogP contribution in [0.5, 0.6) is 5.75 Å². The lowest BCUT2D eigenvalue weighted by molar-refractivity contribution is -0.133. The Morgan fingerprint density at radius 1 is 1.48 bits per heavy atom. The van der Waals surface area contributed by atoms with Crippen LogP contribution in [0, 0.1) is 0 Å². The zero-order valence-electron chi connectivity index (χ0n) is 12.6. The van der Waals surface area contributed by atoms with E-state index in [1.807, 2.05) is 24.3 Å². The van der Waals surface area contributed by atoms with Crippen LogP contribution in [0.4, 0.5) is 0 Å². The number of carbonyl (C=O) groups excluding carboxylic acids is 1. The van der Waals surface area contributed by atoms with E-state index >= 15 is 0 Å². The number of methoxy groups -OCH3 is 1. The van der Waals surface area contributed by atoms with Crippen LogP contribution < -0.4 is 15.6 Å². The van der Waals surface area contributed by atoms with E-state index < -0.39 is 0 Å². The Morgan fingerprint density at radius 2 is 2.24 bits per heavy atom. The zero-order chi connectivity index (χ0) is 15.2. The first-order chi connectivity index (χ1) is 10.2. The largest absolute Gasteiger partial charge is 0.496 e. The molecule has 1 aromatic rings. The van der Waals surface area contributed by atoms with Gasteiger partial charge in [-0.05, 0) is 19.4 Å². The SMILES string of the molecule is C=CCN(Cc1ccccc1OC)C(=O)C1CC(C)NN1. The van der Waals surface area contributed by atoms with Crippen molar-refractivity contribution >= 4 is 5.91 Å². The molecule has 5 nitrogen and oxygen atoms in total. The van der Waals surface area contributed by atoms with Gasteiger partial charge in [-0.3, -0.25) is 10.2 Å². The predicted octanol–water partition coefficient (Wildman–Crippen LogP) is 1.46. The molecule has 0 saturated carbocycles. The summed E-state index contributed by atoms with van der Waals surface area (Å²) < 4.78 is 5.35. The highest BCUT2D eigenvalue weighted by Gasteiger charge is 2.30. The minimum absolute atomic E-state index is 0.0812. The van der Waals surface area contributed by atoms with Gasteiger partial charge in [-0.25, -0.2) is 5.43 Å². The standard InChI is InChI=1S/C16H23N3O2/c1-4-9-19(16(20)14-10-12(2)17-18-14)11-13-7-5-6-8-15(13)21-3/h4-8,12,14,17-18H,1,9-11H2,2-3H3. The van der Waals surface area contributed by atoms with Gasteiger partial charge < -0.3 is 9.64 Å². The number of nitrogens with one attached hydrogen (secondary N) is 2. The van der Waals surface area contributed by atoms with Gasteiger partial charge in [0.1, 0.15) is 11.8 Å². The Hall–Kier alpha value is -1.85. The summed E-state index contributed by atoms with van der Waals surface area (Å²) in [5, 5.41) is 0. The number of amides is 1. The Labute approximate surface area is 125 Å². The van der Waals surface area contributed by atoms with E-state index in [1.165, 1.54) is 0 Å². The van der Waals surface area contributed by atoms with E-state index in [2.05, 4.69) is 24.4 Å². The molecule has 21 heavy (non-hydrogen) atoms. The number of para-hydroxylation sites is 1. The topological polar surface area (TPSA) is 53.6 Å². The molecule has 0 aliphatic carbocycles. The van der Waals surface area contributed by atoms with E-state index in [9.17, 15) is 4.79 Å². The number of hydrogen-bond acceptors (Lipinski definition) is 4. The third-order valence-electron chi connectivity index (χ3n) is 3.61. The monoisotopic (exact) mass is 289 g/mol. The molecule has 1 aliphatic heterocycles. The van der Waals surface area contributed by atoms with E-state index in [-0.39, 0.29) is 11.9 Å². The van der Waals surface area contributed by atoms with E-state index in [0.29, 0.717) is 19.1 Å². The van der Waals surface area contributed by atoms with Crippen LogP contribution in [-0.2, 0) is 11.3 Å². The van der Waals surface area contributed by atoms with Crippen molar-refractivity contribution in [2.24, 2.45) is 0 Å². The van der Waals surface area contributed by atoms with Crippen LogP contribution in [0.25, 0.3) is 0 Å². The first-order valence-electron chi connectivity index (χ1n) is 7.18. The summed E-state index contributed by atoms with van der Waals surface area (Å²) in [7, 11) is 1.64. The van der Waals surface area contributed by atoms with E-state index in [0.717, 1.165) is 17.7 Å². The van der Waals surface area contributed by atoms with Crippen molar-refractivity contribution in [2.45, 2.75) is 32.0 Å². The lowest BCUT2D eigenvalue weighted by Crippen LogP contribution is -2.45. The van der Waals surface area contributed by atoms with Crippen molar-refractivity contribution in [3.05, 3.63) is 42.5 Å². The second-order valence-corrected chi connectivity index (χ2v) is 5.30. The maximum atomic E-state index is 12.6. The quantitative estimate of drug-likeness (QED) is 0.779. The summed E-state index contributed by atoms with van der Waals surface area (Å²) in [6, 6.07) is 7.87. The van der Waals surface area contributed by atoms with Crippen LogP contribution in [0.3, 0.4) is 0 Å². The van der Waals surface area contributed by atoms with Crippen molar-refractivity contribution < 1.29 is 9.53 Å². The minimum atomic E-state index is -0.186. The predicted molar refractivity (Wildman–Crippen MR) is 82.7 cm³/mol. The van der Waals surface area contributed by atoms with Crippen LogP contribution >= 0.6 is 0 Å². The molecule has 0 aromatic heterocycles. The number of rotatable bonds is 6. The second kappa shape index (κ2) is 7.24. The van der Waals surface area contributed by atoms with Gasteiger partial charge in [0, 0.05) is 24.7 Å². The molecule has 5 heteroatoms. The van der Waals surface area contributed by atoms with Gasteiger partial charge in [-0.1, -0.05) is 24.3 Å². The molecule has 1 saturated heterocycles. The van der Waals surface area contributed by atoms with Crippen LogP contribution in [0.2, 0.25) is 0 Å². The fraction of sp³-hybridized carbons (Fsp3) is 0.438. The lowest BCUT2D eigenvalue weighted by Gasteiger charge is -2.25. The van der Waals surface area contributed by atoms with Gasteiger partial charge in [0.2, 0.25) is 5.91 Å². The Morgan fingerprint density at radius 3 is 2.86 bits per heavy atom. The molecule has 1 heterocycles. The normalized spacial score (nSPS) is 21.0. The van der Waals surface area contributed by atoms with Crippen molar-refractivity contribution in [3.63, 3.8) is 0 Å². The average Bonchev–Trinajstić information content (AvgIpc) is 2.93. The number of nitrogens with zero attached hydrogens (tertiary/aromatic N) is 1. The molecule has 2 atom stereocenters. The molecule has 1 fully saturated rings. The average molecular weight is 289 g/mol. The Balaban J connectivity index is 2.11. The molecule has 0 bridgehead atoms. The van der Waals surface area contributed by atoms with Crippen LogP contribution in [0.15, 0.2) is 36.9 Å². The Kier molecular flexibility index (Phi) is 5.36. The molecular weight excluding hydrogens is 266 g/mol. The van der Waals surface area contributed by atoms with Crippen LogP contribution in [-0.4, -0.2) is 36.5 Å². The summed E-state index contributed by atoms with van der Waals surface area (Å²) in [6.07, 6.45) is 2.54. The first kappa shape index (κ1) is 15.5.